The predicted molar refractivity (Wildman–Crippen MR) is 152 cm³/mol. The SMILES string of the molecule is Oc1ccc(N=Nc2ccc(Cl)cc2Cl)cc1/C=N\Nc1nc(N2CCCCC2)nc(N2CCCCC2)n1. The van der Waals surface area contributed by atoms with Gasteiger partial charge in [0.25, 0.3) is 0 Å². The molecule has 38 heavy (non-hydrogen) atoms. The molecule has 2 aliphatic heterocycles. The highest BCUT2D eigenvalue weighted by atomic mass is 35.5. The number of nitrogens with one attached hydrogen (secondary N) is 1. The van der Waals surface area contributed by atoms with Gasteiger partial charge in [-0.3, -0.25) is 0 Å². The lowest BCUT2D eigenvalue weighted by Crippen LogP contribution is -2.34. The van der Waals surface area contributed by atoms with Crippen LogP contribution >= 0.6 is 23.2 Å². The standard InChI is InChI=1S/C26H29Cl2N9O/c27-19-7-9-22(21(28)16-19)34-33-20-8-10-23(38)18(15-20)17-29-35-24-30-25(36-11-3-1-4-12-36)32-26(31-24)37-13-5-2-6-14-37/h7-10,15-17,38H,1-6,11-14H2,(H,30,31,32,35)/b29-17-,34-33?. The lowest BCUT2D eigenvalue weighted by atomic mass is 10.1. The number of phenols is 1. The van der Waals surface area contributed by atoms with Crippen LogP contribution in [0.25, 0.3) is 0 Å². The van der Waals surface area contributed by atoms with Gasteiger partial charge in [-0.15, -0.1) is 5.11 Å². The zero-order valence-corrected chi connectivity index (χ0v) is 22.4. The molecule has 198 valence electrons. The van der Waals surface area contributed by atoms with Crippen LogP contribution in [0.3, 0.4) is 0 Å². The normalized spacial score (nSPS) is 16.5. The number of benzene rings is 2. The molecule has 3 heterocycles. The number of anilines is 3. The first-order valence-corrected chi connectivity index (χ1v) is 13.6. The molecule has 12 heteroatoms. The van der Waals surface area contributed by atoms with Crippen molar-refractivity contribution in [3.63, 3.8) is 0 Å². The molecule has 2 saturated heterocycles. The minimum atomic E-state index is 0.0534. The molecule has 0 radical (unpaired) electrons. The van der Waals surface area contributed by atoms with Crippen molar-refractivity contribution in [3.05, 3.63) is 52.0 Å². The Kier molecular flexibility index (Phi) is 8.50. The van der Waals surface area contributed by atoms with Gasteiger partial charge in [-0.2, -0.15) is 25.2 Å². The second-order valence-corrected chi connectivity index (χ2v) is 10.1. The molecule has 3 aromatic rings. The molecule has 2 fully saturated rings. The molecule has 2 aromatic carbocycles. The summed E-state index contributed by atoms with van der Waals surface area (Å²) in [6, 6.07) is 9.83. The number of aromatic hydroxyl groups is 1. The van der Waals surface area contributed by atoms with E-state index in [9.17, 15) is 5.11 Å². The topological polar surface area (TPSA) is 114 Å². The van der Waals surface area contributed by atoms with E-state index in [0.717, 1.165) is 51.9 Å². The van der Waals surface area contributed by atoms with Gasteiger partial charge in [0.15, 0.2) is 0 Å². The first-order chi connectivity index (χ1) is 18.5. The van der Waals surface area contributed by atoms with Gasteiger partial charge in [-0.05, 0) is 74.9 Å². The summed E-state index contributed by atoms with van der Waals surface area (Å²) in [6.45, 7) is 3.73. The summed E-state index contributed by atoms with van der Waals surface area (Å²) in [4.78, 5) is 18.5. The second-order valence-electron chi connectivity index (χ2n) is 9.26. The Morgan fingerprint density at radius 2 is 1.45 bits per heavy atom. The maximum absolute atomic E-state index is 10.3. The zero-order valence-electron chi connectivity index (χ0n) is 20.9. The van der Waals surface area contributed by atoms with Crippen molar-refractivity contribution in [1.82, 2.24) is 15.0 Å². The molecule has 0 aliphatic carbocycles. The second kappa shape index (κ2) is 12.4. The molecular formula is C26H29Cl2N9O. The van der Waals surface area contributed by atoms with Crippen LogP contribution in [-0.4, -0.2) is 52.5 Å². The van der Waals surface area contributed by atoms with Crippen molar-refractivity contribution < 1.29 is 5.11 Å². The molecule has 0 saturated carbocycles. The molecule has 0 spiro atoms. The van der Waals surface area contributed by atoms with E-state index in [4.69, 9.17) is 28.2 Å². The van der Waals surface area contributed by atoms with Gasteiger partial charge < -0.3 is 14.9 Å². The first kappa shape index (κ1) is 26.1. The third-order valence-corrected chi connectivity index (χ3v) is 6.99. The van der Waals surface area contributed by atoms with Crippen molar-refractivity contribution in [2.45, 2.75) is 38.5 Å². The summed E-state index contributed by atoms with van der Waals surface area (Å²) in [5.41, 5.74) is 4.40. The molecule has 5 rings (SSSR count). The van der Waals surface area contributed by atoms with Crippen LogP contribution in [-0.2, 0) is 0 Å². The van der Waals surface area contributed by atoms with Crippen LogP contribution in [0.15, 0.2) is 51.7 Å². The fourth-order valence-electron chi connectivity index (χ4n) is 4.42. The van der Waals surface area contributed by atoms with Crippen molar-refractivity contribution >= 4 is 58.6 Å². The average Bonchev–Trinajstić information content (AvgIpc) is 2.95. The van der Waals surface area contributed by atoms with E-state index in [-0.39, 0.29) is 5.75 Å². The Labute approximate surface area is 231 Å². The Hall–Kier alpha value is -3.50. The number of azo groups is 1. The van der Waals surface area contributed by atoms with Crippen molar-refractivity contribution in [1.29, 1.82) is 0 Å². The summed E-state index contributed by atoms with van der Waals surface area (Å²) in [6.07, 6.45) is 8.46. The highest BCUT2D eigenvalue weighted by molar-refractivity contribution is 6.36. The number of aromatic nitrogens is 3. The lowest BCUT2D eigenvalue weighted by molar-refractivity contribution is 0.474. The van der Waals surface area contributed by atoms with Crippen LogP contribution in [0.2, 0.25) is 10.0 Å². The highest BCUT2D eigenvalue weighted by Gasteiger charge is 2.20. The first-order valence-electron chi connectivity index (χ1n) is 12.8. The number of halogens is 2. The molecule has 2 aliphatic rings. The maximum Gasteiger partial charge on any atom is 0.250 e. The van der Waals surface area contributed by atoms with Crippen LogP contribution < -0.4 is 15.2 Å². The number of hydrogen-bond donors (Lipinski definition) is 2. The van der Waals surface area contributed by atoms with E-state index in [0.29, 0.717) is 44.8 Å². The third kappa shape index (κ3) is 6.68. The van der Waals surface area contributed by atoms with Crippen molar-refractivity contribution in [3.8, 4) is 5.75 Å². The molecule has 0 atom stereocenters. The number of nitrogens with zero attached hydrogens (tertiary/aromatic N) is 8. The van der Waals surface area contributed by atoms with Crippen molar-refractivity contribution in [2.75, 3.05) is 41.4 Å². The van der Waals surface area contributed by atoms with Gasteiger partial charge in [0.05, 0.1) is 16.9 Å². The third-order valence-electron chi connectivity index (χ3n) is 6.45. The van der Waals surface area contributed by atoms with Gasteiger partial charge in [0.2, 0.25) is 17.8 Å². The fraction of sp³-hybridized carbons (Fsp3) is 0.385. The van der Waals surface area contributed by atoms with E-state index in [1.54, 1.807) is 30.3 Å². The predicted octanol–water partition coefficient (Wildman–Crippen LogP) is 6.73. The monoisotopic (exact) mass is 553 g/mol. The molecule has 0 unspecified atom stereocenters. The van der Waals surface area contributed by atoms with E-state index in [2.05, 4.69) is 40.5 Å². The van der Waals surface area contributed by atoms with Gasteiger partial charge in [-0.25, -0.2) is 5.43 Å². The maximum atomic E-state index is 10.3. The summed E-state index contributed by atoms with van der Waals surface area (Å²) < 4.78 is 0. The Morgan fingerprint density at radius 1 is 0.789 bits per heavy atom. The number of piperidine rings is 2. The quantitative estimate of drug-likeness (QED) is 0.189. The smallest absolute Gasteiger partial charge is 0.250 e. The Morgan fingerprint density at radius 3 is 2.08 bits per heavy atom. The zero-order chi connectivity index (χ0) is 26.3. The highest BCUT2D eigenvalue weighted by Crippen LogP contribution is 2.30. The minimum Gasteiger partial charge on any atom is -0.507 e. The van der Waals surface area contributed by atoms with Crippen LogP contribution in [0.5, 0.6) is 5.75 Å². The summed E-state index contributed by atoms with van der Waals surface area (Å²) in [5.74, 6) is 1.76. The Bertz CT molecular complexity index is 1290. The minimum absolute atomic E-state index is 0.0534. The molecule has 0 amide bonds. The largest absolute Gasteiger partial charge is 0.507 e. The average molecular weight is 554 g/mol. The number of hydrazone groups is 1. The van der Waals surface area contributed by atoms with E-state index >= 15 is 0 Å². The van der Waals surface area contributed by atoms with Crippen molar-refractivity contribution in [2.24, 2.45) is 15.3 Å². The van der Waals surface area contributed by atoms with E-state index in [1.807, 2.05) is 0 Å². The molecule has 2 N–H and O–H groups in total. The van der Waals surface area contributed by atoms with Gasteiger partial charge in [0.1, 0.15) is 11.4 Å². The van der Waals surface area contributed by atoms with Crippen LogP contribution in [0.4, 0.5) is 29.2 Å². The molecule has 1 aromatic heterocycles. The fourth-order valence-corrected chi connectivity index (χ4v) is 4.86. The van der Waals surface area contributed by atoms with Gasteiger partial charge in [0, 0.05) is 36.8 Å². The van der Waals surface area contributed by atoms with Gasteiger partial charge >= 0.3 is 0 Å². The number of phenolic OH excluding ortho intramolecular Hbond substituents is 1. The van der Waals surface area contributed by atoms with Gasteiger partial charge in [-0.1, -0.05) is 23.2 Å². The summed E-state index contributed by atoms with van der Waals surface area (Å²) >= 11 is 12.1. The van der Waals surface area contributed by atoms with E-state index in [1.165, 1.54) is 25.1 Å². The summed E-state index contributed by atoms with van der Waals surface area (Å²) in [5, 5.41) is 24.0. The number of rotatable bonds is 7. The molecule has 0 bridgehead atoms. The summed E-state index contributed by atoms with van der Waals surface area (Å²) in [7, 11) is 0. The Balaban J connectivity index is 1.34. The lowest BCUT2D eigenvalue weighted by Gasteiger charge is -2.30. The van der Waals surface area contributed by atoms with Crippen LogP contribution in [0.1, 0.15) is 44.1 Å². The van der Waals surface area contributed by atoms with Crippen LogP contribution in [0, 0.1) is 0 Å². The molecular weight excluding hydrogens is 525 g/mol. The number of hydrogen-bond acceptors (Lipinski definition) is 10. The van der Waals surface area contributed by atoms with E-state index < -0.39 is 0 Å². The molecule has 10 nitrogen and oxygen atoms in total.